The predicted molar refractivity (Wildman–Crippen MR) is 110 cm³/mol. The van der Waals surface area contributed by atoms with Gasteiger partial charge in [-0.15, -0.1) is 12.4 Å². The number of hydrogen-bond acceptors (Lipinski definition) is 4. The van der Waals surface area contributed by atoms with E-state index in [1.165, 1.54) is 5.56 Å². The smallest absolute Gasteiger partial charge is 0.166 e. The summed E-state index contributed by atoms with van der Waals surface area (Å²) in [4.78, 5) is 0. The lowest BCUT2D eigenvalue weighted by molar-refractivity contribution is 0.266. The number of halogens is 1. The first kappa shape index (κ1) is 20.9. The lowest BCUT2D eigenvalue weighted by Crippen LogP contribution is -2.13. The number of aryl methyl sites for hydroxylation is 1. The molecule has 1 heterocycles. The largest absolute Gasteiger partial charge is 0.490 e. The molecule has 0 aliphatic carbocycles. The van der Waals surface area contributed by atoms with Crippen LogP contribution in [0.15, 0.2) is 65.3 Å². The second kappa shape index (κ2) is 10.7. The Morgan fingerprint density at radius 1 is 0.926 bits per heavy atom. The zero-order valence-corrected chi connectivity index (χ0v) is 16.6. The van der Waals surface area contributed by atoms with E-state index in [2.05, 4.69) is 42.6 Å². The maximum Gasteiger partial charge on any atom is 0.166 e. The van der Waals surface area contributed by atoms with Crippen molar-refractivity contribution in [2.45, 2.75) is 33.5 Å². The maximum atomic E-state index is 6.15. The summed E-state index contributed by atoms with van der Waals surface area (Å²) in [6.45, 7) is 6.51. The van der Waals surface area contributed by atoms with Crippen molar-refractivity contribution in [3.63, 3.8) is 0 Å². The second-order valence-electron chi connectivity index (χ2n) is 6.13. The SMILES string of the molecule is CCOc1cccc(CNCc2ccco2)c1OCc1ccc(C)cc1.Cl. The Kier molecular flexibility index (Phi) is 8.24. The van der Waals surface area contributed by atoms with Gasteiger partial charge in [0.2, 0.25) is 0 Å². The molecule has 144 valence electrons. The standard InChI is InChI=1S/C22H25NO3.ClH/c1-3-24-21-8-4-6-19(14-23-15-20-7-5-13-25-20)22(21)26-16-18-11-9-17(2)10-12-18;/h4-13,23H,3,14-16H2,1-2H3;1H. The zero-order chi connectivity index (χ0) is 18.2. The molecule has 4 nitrogen and oxygen atoms in total. The summed E-state index contributed by atoms with van der Waals surface area (Å²) in [6, 6.07) is 18.2. The Bertz CT molecular complexity index is 801. The molecule has 3 aromatic rings. The fourth-order valence-corrected chi connectivity index (χ4v) is 2.71. The monoisotopic (exact) mass is 387 g/mol. The Morgan fingerprint density at radius 2 is 1.74 bits per heavy atom. The lowest BCUT2D eigenvalue weighted by Gasteiger charge is -2.16. The van der Waals surface area contributed by atoms with Crippen LogP contribution in [0.25, 0.3) is 0 Å². The van der Waals surface area contributed by atoms with E-state index in [0.29, 0.717) is 26.3 Å². The molecular weight excluding hydrogens is 362 g/mol. The Hall–Kier alpha value is -2.43. The molecule has 0 spiro atoms. The van der Waals surface area contributed by atoms with Crippen molar-refractivity contribution in [3.8, 4) is 11.5 Å². The van der Waals surface area contributed by atoms with Gasteiger partial charge in [0, 0.05) is 12.1 Å². The van der Waals surface area contributed by atoms with Gasteiger partial charge in [-0.1, -0.05) is 42.0 Å². The third-order valence-electron chi connectivity index (χ3n) is 4.06. The first-order valence-corrected chi connectivity index (χ1v) is 8.92. The minimum atomic E-state index is 0. The number of furan rings is 1. The summed E-state index contributed by atoms with van der Waals surface area (Å²) >= 11 is 0. The normalized spacial score (nSPS) is 10.3. The van der Waals surface area contributed by atoms with Crippen molar-refractivity contribution in [1.82, 2.24) is 5.32 Å². The first-order valence-electron chi connectivity index (χ1n) is 8.92. The molecule has 0 aliphatic rings. The minimum absolute atomic E-state index is 0. The van der Waals surface area contributed by atoms with Gasteiger partial charge in [0.15, 0.2) is 11.5 Å². The van der Waals surface area contributed by atoms with Crippen LogP contribution in [0.1, 0.15) is 29.4 Å². The average molecular weight is 388 g/mol. The van der Waals surface area contributed by atoms with Crippen LogP contribution in [0.3, 0.4) is 0 Å². The number of ether oxygens (including phenoxy) is 2. The Labute approximate surface area is 166 Å². The number of hydrogen-bond donors (Lipinski definition) is 1. The average Bonchev–Trinajstić information content (AvgIpc) is 3.16. The van der Waals surface area contributed by atoms with Gasteiger partial charge in [-0.05, 0) is 37.6 Å². The summed E-state index contributed by atoms with van der Waals surface area (Å²) < 4.78 is 17.3. The van der Waals surface area contributed by atoms with Crippen LogP contribution in [0.5, 0.6) is 11.5 Å². The second-order valence-corrected chi connectivity index (χ2v) is 6.13. The molecule has 0 saturated carbocycles. The van der Waals surface area contributed by atoms with E-state index >= 15 is 0 Å². The van der Waals surface area contributed by atoms with Crippen LogP contribution in [0.4, 0.5) is 0 Å². The molecule has 0 aliphatic heterocycles. The van der Waals surface area contributed by atoms with Crippen LogP contribution in [-0.2, 0) is 19.7 Å². The highest BCUT2D eigenvalue weighted by Gasteiger charge is 2.11. The third kappa shape index (κ3) is 6.05. The van der Waals surface area contributed by atoms with Gasteiger partial charge in [0.25, 0.3) is 0 Å². The first-order chi connectivity index (χ1) is 12.8. The summed E-state index contributed by atoms with van der Waals surface area (Å²) in [5.74, 6) is 2.48. The Balaban J connectivity index is 0.00000261. The van der Waals surface area contributed by atoms with E-state index in [9.17, 15) is 0 Å². The van der Waals surface area contributed by atoms with Gasteiger partial charge in [-0.3, -0.25) is 0 Å². The molecule has 0 amide bonds. The highest BCUT2D eigenvalue weighted by Crippen LogP contribution is 2.32. The molecule has 2 aromatic carbocycles. The molecule has 3 rings (SSSR count). The fourth-order valence-electron chi connectivity index (χ4n) is 2.71. The van der Waals surface area contributed by atoms with E-state index in [4.69, 9.17) is 13.9 Å². The van der Waals surface area contributed by atoms with Gasteiger partial charge < -0.3 is 19.2 Å². The summed E-state index contributed by atoms with van der Waals surface area (Å²) in [5, 5.41) is 3.39. The van der Waals surface area contributed by atoms with Gasteiger partial charge in [-0.25, -0.2) is 0 Å². The number of para-hydroxylation sites is 1. The van der Waals surface area contributed by atoms with Gasteiger partial charge in [0.05, 0.1) is 19.4 Å². The van der Waals surface area contributed by atoms with Crippen molar-refractivity contribution in [3.05, 3.63) is 83.3 Å². The fraction of sp³-hybridized carbons (Fsp3) is 0.273. The van der Waals surface area contributed by atoms with Crippen molar-refractivity contribution >= 4 is 12.4 Å². The van der Waals surface area contributed by atoms with E-state index in [1.807, 2.05) is 31.2 Å². The number of nitrogens with one attached hydrogen (secondary N) is 1. The molecule has 1 N–H and O–H groups in total. The molecule has 0 unspecified atom stereocenters. The van der Waals surface area contributed by atoms with Crippen molar-refractivity contribution in [1.29, 1.82) is 0 Å². The van der Waals surface area contributed by atoms with Crippen LogP contribution in [-0.4, -0.2) is 6.61 Å². The molecule has 1 aromatic heterocycles. The summed E-state index contributed by atoms with van der Waals surface area (Å²) in [5.41, 5.74) is 3.44. The number of benzene rings is 2. The van der Waals surface area contributed by atoms with E-state index in [-0.39, 0.29) is 12.4 Å². The molecule has 0 fully saturated rings. The van der Waals surface area contributed by atoms with Gasteiger partial charge >= 0.3 is 0 Å². The third-order valence-corrected chi connectivity index (χ3v) is 4.06. The zero-order valence-electron chi connectivity index (χ0n) is 15.7. The van der Waals surface area contributed by atoms with E-state index < -0.39 is 0 Å². The van der Waals surface area contributed by atoms with E-state index in [1.54, 1.807) is 6.26 Å². The van der Waals surface area contributed by atoms with Gasteiger partial charge in [-0.2, -0.15) is 0 Å². The quantitative estimate of drug-likeness (QED) is 0.542. The van der Waals surface area contributed by atoms with Crippen LogP contribution >= 0.6 is 12.4 Å². The molecule has 27 heavy (non-hydrogen) atoms. The van der Waals surface area contributed by atoms with Crippen molar-refractivity contribution < 1.29 is 13.9 Å². The molecule has 5 heteroatoms. The van der Waals surface area contributed by atoms with Crippen LogP contribution in [0, 0.1) is 6.92 Å². The lowest BCUT2D eigenvalue weighted by atomic mass is 10.1. The topological polar surface area (TPSA) is 43.6 Å². The van der Waals surface area contributed by atoms with Gasteiger partial charge in [0.1, 0.15) is 12.4 Å². The molecule has 0 bridgehead atoms. The highest BCUT2D eigenvalue weighted by atomic mass is 35.5. The predicted octanol–water partition coefficient (Wildman–Crippen LogP) is 5.28. The molecular formula is C22H26ClNO3. The molecule has 0 saturated heterocycles. The van der Waals surface area contributed by atoms with Crippen molar-refractivity contribution in [2.24, 2.45) is 0 Å². The maximum absolute atomic E-state index is 6.15. The van der Waals surface area contributed by atoms with Crippen LogP contribution < -0.4 is 14.8 Å². The minimum Gasteiger partial charge on any atom is -0.490 e. The highest BCUT2D eigenvalue weighted by molar-refractivity contribution is 5.85. The molecule has 0 atom stereocenters. The van der Waals surface area contributed by atoms with Crippen molar-refractivity contribution in [2.75, 3.05) is 6.61 Å². The van der Waals surface area contributed by atoms with E-state index in [0.717, 1.165) is 28.4 Å². The molecule has 0 radical (unpaired) electrons. The van der Waals surface area contributed by atoms with Crippen LogP contribution in [0.2, 0.25) is 0 Å². The number of rotatable bonds is 9. The summed E-state index contributed by atoms with van der Waals surface area (Å²) in [6.07, 6.45) is 1.68. The Morgan fingerprint density at radius 3 is 2.44 bits per heavy atom. The summed E-state index contributed by atoms with van der Waals surface area (Å²) in [7, 11) is 0.